The Kier molecular flexibility index (Phi) is 4.69. The zero-order valence-electron chi connectivity index (χ0n) is 14.6. The highest BCUT2D eigenvalue weighted by atomic mass is 32.2. The minimum atomic E-state index is -0.132. The van der Waals surface area contributed by atoms with Crippen LogP contribution >= 0.6 is 34.4 Å². The van der Waals surface area contributed by atoms with Crippen LogP contribution in [0.15, 0.2) is 41.3 Å². The fraction of sp³-hybridized carbons (Fsp3) is 0.211. The van der Waals surface area contributed by atoms with Gasteiger partial charge >= 0.3 is 0 Å². The summed E-state index contributed by atoms with van der Waals surface area (Å²) < 4.78 is 2.21. The molecule has 4 rings (SSSR count). The number of nitrogens with zero attached hydrogens (tertiary/aromatic N) is 2. The average Bonchev–Trinajstić information content (AvgIpc) is 3.16. The van der Waals surface area contributed by atoms with Crippen molar-refractivity contribution in [3.8, 4) is 0 Å². The largest absolute Gasteiger partial charge is 0.298 e. The first-order valence-electron chi connectivity index (χ1n) is 8.24. The van der Waals surface area contributed by atoms with E-state index < -0.39 is 0 Å². The summed E-state index contributed by atoms with van der Waals surface area (Å²) in [4.78, 5) is 22.8. The number of carbonyl (C=O) groups excluding carboxylic acids is 1. The van der Waals surface area contributed by atoms with Gasteiger partial charge in [-0.2, -0.15) is 0 Å². The lowest BCUT2D eigenvalue weighted by Crippen LogP contribution is -2.11. The first-order chi connectivity index (χ1) is 12.5. The van der Waals surface area contributed by atoms with Crippen LogP contribution in [0, 0.1) is 6.92 Å². The van der Waals surface area contributed by atoms with E-state index in [1.807, 2.05) is 43.3 Å². The highest BCUT2D eigenvalue weighted by Crippen LogP contribution is 2.36. The predicted octanol–water partition coefficient (Wildman–Crippen LogP) is 5.97. The Labute approximate surface area is 163 Å². The zero-order chi connectivity index (χ0) is 18.3. The number of hydrogen-bond acceptors (Lipinski definition) is 6. The quantitative estimate of drug-likeness (QED) is 0.430. The average molecular weight is 400 g/mol. The van der Waals surface area contributed by atoms with Crippen molar-refractivity contribution in [3.63, 3.8) is 0 Å². The van der Waals surface area contributed by atoms with E-state index >= 15 is 0 Å². The highest BCUT2D eigenvalue weighted by molar-refractivity contribution is 7.99. The molecule has 0 aliphatic carbocycles. The Morgan fingerprint density at radius 1 is 1.08 bits per heavy atom. The second-order valence-corrected chi connectivity index (χ2v) is 10.0. The molecule has 0 fully saturated rings. The molecule has 0 aliphatic heterocycles. The number of amides is 1. The van der Waals surface area contributed by atoms with Crippen LogP contribution in [0.1, 0.15) is 29.2 Å². The van der Waals surface area contributed by atoms with E-state index in [1.54, 1.807) is 23.1 Å². The van der Waals surface area contributed by atoms with Gasteiger partial charge in [0.1, 0.15) is 0 Å². The third-order valence-corrected chi connectivity index (χ3v) is 6.84. The summed E-state index contributed by atoms with van der Waals surface area (Å²) >= 11 is 4.91. The van der Waals surface area contributed by atoms with Crippen LogP contribution in [-0.4, -0.2) is 21.1 Å². The van der Waals surface area contributed by atoms with Crippen molar-refractivity contribution in [1.82, 2.24) is 9.97 Å². The van der Waals surface area contributed by atoms with Crippen LogP contribution in [0.3, 0.4) is 0 Å². The molecule has 0 saturated carbocycles. The SMILES string of the molecule is Cc1nc2ccc3nc(NC(=O)c4cccc(SC(C)C)c4)sc3c2s1. The Balaban J connectivity index is 1.62. The molecule has 0 aliphatic rings. The van der Waals surface area contributed by atoms with Crippen molar-refractivity contribution in [2.24, 2.45) is 0 Å². The number of thiazole rings is 2. The number of nitrogens with one attached hydrogen (secondary N) is 1. The zero-order valence-corrected chi connectivity index (χ0v) is 17.0. The van der Waals surface area contributed by atoms with E-state index in [9.17, 15) is 4.79 Å². The van der Waals surface area contributed by atoms with Crippen LogP contribution in [0.4, 0.5) is 5.13 Å². The molecular formula is C19H17N3OS3. The summed E-state index contributed by atoms with van der Waals surface area (Å²) in [7, 11) is 0. The van der Waals surface area contributed by atoms with Crippen molar-refractivity contribution in [2.45, 2.75) is 30.9 Å². The first kappa shape index (κ1) is 17.5. The van der Waals surface area contributed by atoms with Crippen LogP contribution in [0.5, 0.6) is 0 Å². The predicted molar refractivity (Wildman–Crippen MR) is 113 cm³/mol. The number of fused-ring (bicyclic) bond motifs is 3. The molecule has 1 N–H and O–H groups in total. The lowest BCUT2D eigenvalue weighted by atomic mass is 10.2. The maximum absolute atomic E-state index is 12.6. The van der Waals surface area contributed by atoms with Crippen LogP contribution in [0.2, 0.25) is 0 Å². The Bertz CT molecular complexity index is 1110. The topological polar surface area (TPSA) is 54.9 Å². The van der Waals surface area contributed by atoms with Gasteiger partial charge in [-0.25, -0.2) is 9.97 Å². The second-order valence-electron chi connectivity index (χ2n) is 6.16. The van der Waals surface area contributed by atoms with E-state index in [0.717, 1.165) is 30.3 Å². The molecule has 4 nitrogen and oxygen atoms in total. The maximum Gasteiger partial charge on any atom is 0.257 e. The molecule has 0 bridgehead atoms. The second kappa shape index (κ2) is 6.98. The summed E-state index contributed by atoms with van der Waals surface area (Å²) in [6, 6.07) is 11.7. The van der Waals surface area contributed by atoms with E-state index in [4.69, 9.17) is 0 Å². The van der Waals surface area contributed by atoms with Gasteiger partial charge < -0.3 is 0 Å². The van der Waals surface area contributed by atoms with Gasteiger partial charge in [0.25, 0.3) is 5.91 Å². The lowest BCUT2D eigenvalue weighted by Gasteiger charge is -2.07. The van der Waals surface area contributed by atoms with E-state index in [2.05, 4.69) is 29.1 Å². The number of anilines is 1. The molecule has 7 heteroatoms. The molecule has 2 heterocycles. The standard InChI is InChI=1S/C19H17N3OS3/c1-10(2)24-13-6-4-5-12(9-13)18(23)22-19-21-15-8-7-14-16(17(15)26-19)25-11(3)20-14/h4-10H,1-3H3,(H,21,22,23). The smallest absolute Gasteiger partial charge is 0.257 e. The monoisotopic (exact) mass is 399 g/mol. The summed E-state index contributed by atoms with van der Waals surface area (Å²) in [5.74, 6) is -0.132. The number of rotatable bonds is 4. The van der Waals surface area contributed by atoms with Crippen molar-refractivity contribution in [3.05, 3.63) is 47.0 Å². The Morgan fingerprint density at radius 3 is 2.58 bits per heavy atom. The molecule has 26 heavy (non-hydrogen) atoms. The van der Waals surface area contributed by atoms with E-state index in [1.165, 1.54) is 11.3 Å². The minimum absolute atomic E-state index is 0.132. The molecule has 2 aromatic carbocycles. The molecule has 1 amide bonds. The number of aryl methyl sites for hydroxylation is 1. The third kappa shape index (κ3) is 3.47. The maximum atomic E-state index is 12.6. The fourth-order valence-electron chi connectivity index (χ4n) is 2.69. The molecule has 2 aromatic heterocycles. The van der Waals surface area contributed by atoms with E-state index in [-0.39, 0.29) is 5.91 Å². The minimum Gasteiger partial charge on any atom is -0.298 e. The van der Waals surface area contributed by atoms with Gasteiger partial charge in [0.2, 0.25) is 0 Å². The Morgan fingerprint density at radius 2 is 1.81 bits per heavy atom. The lowest BCUT2D eigenvalue weighted by molar-refractivity contribution is 0.102. The molecule has 0 unspecified atom stereocenters. The van der Waals surface area contributed by atoms with Crippen molar-refractivity contribution >= 4 is 65.9 Å². The van der Waals surface area contributed by atoms with Gasteiger partial charge in [-0.15, -0.1) is 23.1 Å². The molecule has 0 spiro atoms. The molecular weight excluding hydrogens is 382 g/mol. The van der Waals surface area contributed by atoms with Crippen molar-refractivity contribution < 1.29 is 4.79 Å². The number of thioether (sulfide) groups is 1. The van der Waals surface area contributed by atoms with Crippen molar-refractivity contribution in [1.29, 1.82) is 0 Å². The Hall–Kier alpha value is -1.96. The van der Waals surface area contributed by atoms with Gasteiger partial charge in [-0.3, -0.25) is 10.1 Å². The van der Waals surface area contributed by atoms with Gasteiger partial charge in [0, 0.05) is 15.7 Å². The van der Waals surface area contributed by atoms with Gasteiger partial charge in [-0.1, -0.05) is 31.3 Å². The number of benzene rings is 2. The van der Waals surface area contributed by atoms with Gasteiger partial charge in [0.15, 0.2) is 5.13 Å². The molecule has 0 radical (unpaired) electrons. The van der Waals surface area contributed by atoms with Gasteiger partial charge in [-0.05, 0) is 37.3 Å². The normalized spacial score (nSPS) is 11.5. The van der Waals surface area contributed by atoms with Crippen LogP contribution in [-0.2, 0) is 0 Å². The molecule has 132 valence electrons. The van der Waals surface area contributed by atoms with Crippen LogP contribution in [0.25, 0.3) is 20.4 Å². The van der Waals surface area contributed by atoms with Gasteiger partial charge in [0.05, 0.1) is 25.4 Å². The molecule has 0 atom stereocenters. The summed E-state index contributed by atoms with van der Waals surface area (Å²) in [5.41, 5.74) is 2.53. The summed E-state index contributed by atoms with van der Waals surface area (Å²) in [6.07, 6.45) is 0. The third-order valence-electron chi connectivity index (χ3n) is 3.71. The molecule has 0 saturated heterocycles. The van der Waals surface area contributed by atoms with Crippen LogP contribution < -0.4 is 5.32 Å². The molecule has 4 aromatic rings. The fourth-order valence-corrected chi connectivity index (χ4v) is 5.59. The summed E-state index contributed by atoms with van der Waals surface area (Å²) in [6.45, 7) is 6.28. The first-order valence-corrected chi connectivity index (χ1v) is 10.8. The number of hydrogen-bond donors (Lipinski definition) is 1. The highest BCUT2D eigenvalue weighted by Gasteiger charge is 2.14. The van der Waals surface area contributed by atoms with Crippen molar-refractivity contribution in [2.75, 3.05) is 5.32 Å². The van der Waals surface area contributed by atoms with E-state index in [0.29, 0.717) is 15.9 Å². The summed E-state index contributed by atoms with van der Waals surface area (Å²) in [5, 5.41) is 5.07. The number of carbonyl (C=O) groups is 1. The number of aromatic nitrogens is 2.